The molecular weight excluding hydrogens is 408 g/mol. The molecule has 0 saturated heterocycles. The zero-order valence-electron chi connectivity index (χ0n) is 20.7. The van der Waals surface area contributed by atoms with Gasteiger partial charge in [-0.25, -0.2) is 0 Å². The summed E-state index contributed by atoms with van der Waals surface area (Å²) in [5.74, 6) is 0.466. The highest BCUT2D eigenvalue weighted by Crippen LogP contribution is 2.46. The first-order chi connectivity index (χ1) is 16.5. The summed E-state index contributed by atoms with van der Waals surface area (Å²) in [7, 11) is 0. The lowest BCUT2D eigenvalue weighted by atomic mass is 9.74. The maximum atomic E-state index is 3.77. The van der Waals surface area contributed by atoms with Gasteiger partial charge in [0.15, 0.2) is 0 Å². The van der Waals surface area contributed by atoms with E-state index >= 15 is 0 Å². The van der Waals surface area contributed by atoms with E-state index in [1.807, 2.05) is 12.2 Å². The fourth-order valence-electron chi connectivity index (χ4n) is 5.77. The zero-order chi connectivity index (χ0) is 23.8. The Balaban J connectivity index is 1.77. The van der Waals surface area contributed by atoms with Crippen molar-refractivity contribution >= 4 is 38.3 Å². The van der Waals surface area contributed by atoms with E-state index < -0.39 is 0 Å². The van der Waals surface area contributed by atoms with Gasteiger partial charge in [-0.15, -0.1) is 0 Å². The SMILES string of the molecule is C=C/C=C\C=C(/C)c1ccc2c(c1)C(C)=C(c1c(C)c3ccccc3c3ccccc13)C(C)C2. The Morgan fingerprint density at radius 1 is 0.853 bits per heavy atom. The van der Waals surface area contributed by atoms with E-state index in [4.69, 9.17) is 0 Å². The molecule has 0 heteroatoms. The molecule has 0 N–H and O–H groups in total. The average Bonchev–Trinajstić information content (AvgIpc) is 2.86. The third-order valence-corrected chi connectivity index (χ3v) is 7.45. The van der Waals surface area contributed by atoms with Gasteiger partial charge in [0.1, 0.15) is 0 Å². The first-order valence-corrected chi connectivity index (χ1v) is 12.2. The van der Waals surface area contributed by atoms with Crippen LogP contribution in [0.15, 0.2) is 97.6 Å². The lowest BCUT2D eigenvalue weighted by molar-refractivity contribution is 0.733. The Hall–Kier alpha value is -3.64. The molecule has 0 spiro atoms. The number of aryl methyl sites for hydroxylation is 1. The molecule has 0 aromatic heterocycles. The fraction of sp³-hybridized carbons (Fsp3) is 0.176. The molecule has 1 unspecified atom stereocenters. The minimum absolute atomic E-state index is 0.466. The third kappa shape index (κ3) is 3.64. The van der Waals surface area contributed by atoms with Crippen molar-refractivity contribution in [3.05, 3.63) is 125 Å². The highest BCUT2D eigenvalue weighted by Gasteiger charge is 2.26. The van der Waals surface area contributed by atoms with E-state index in [2.05, 4.69) is 113 Å². The van der Waals surface area contributed by atoms with Crippen molar-refractivity contribution in [3.8, 4) is 0 Å². The van der Waals surface area contributed by atoms with Gasteiger partial charge in [-0.3, -0.25) is 0 Å². The molecule has 0 aliphatic heterocycles. The second kappa shape index (κ2) is 8.95. The molecule has 1 atom stereocenters. The van der Waals surface area contributed by atoms with Crippen molar-refractivity contribution in [1.82, 2.24) is 0 Å². The summed E-state index contributed by atoms with van der Waals surface area (Å²) in [6, 6.07) is 24.8. The van der Waals surface area contributed by atoms with Crippen LogP contribution >= 0.6 is 0 Å². The predicted octanol–water partition coefficient (Wildman–Crippen LogP) is 9.57. The number of rotatable bonds is 4. The first kappa shape index (κ1) is 22.2. The van der Waals surface area contributed by atoms with Crippen molar-refractivity contribution in [1.29, 1.82) is 0 Å². The maximum Gasteiger partial charge on any atom is -0.00991 e. The van der Waals surface area contributed by atoms with Crippen molar-refractivity contribution < 1.29 is 0 Å². The Labute approximate surface area is 203 Å². The van der Waals surface area contributed by atoms with Gasteiger partial charge in [0.25, 0.3) is 0 Å². The van der Waals surface area contributed by atoms with Crippen LogP contribution in [0, 0.1) is 12.8 Å². The Bertz CT molecular complexity index is 1520. The van der Waals surface area contributed by atoms with Crippen molar-refractivity contribution in [2.24, 2.45) is 5.92 Å². The van der Waals surface area contributed by atoms with Crippen LogP contribution < -0.4 is 0 Å². The van der Waals surface area contributed by atoms with Gasteiger partial charge in [0, 0.05) is 0 Å². The smallest absolute Gasteiger partial charge is 0.00991 e. The van der Waals surface area contributed by atoms with Crippen molar-refractivity contribution in [2.75, 3.05) is 0 Å². The molecule has 168 valence electrons. The summed E-state index contributed by atoms with van der Waals surface area (Å²) in [6.45, 7) is 13.0. The van der Waals surface area contributed by atoms with E-state index in [1.54, 1.807) is 0 Å². The number of allylic oxidation sites excluding steroid dienone is 7. The second-order valence-corrected chi connectivity index (χ2v) is 9.58. The highest BCUT2D eigenvalue weighted by molar-refractivity contribution is 6.15. The van der Waals surface area contributed by atoms with Gasteiger partial charge >= 0.3 is 0 Å². The molecule has 4 aromatic carbocycles. The van der Waals surface area contributed by atoms with Crippen LogP contribution in [0.4, 0.5) is 0 Å². The monoisotopic (exact) mass is 440 g/mol. The summed E-state index contributed by atoms with van der Waals surface area (Å²) in [5.41, 5.74) is 11.1. The Morgan fingerprint density at radius 2 is 1.50 bits per heavy atom. The molecule has 5 rings (SSSR count). The minimum Gasteiger partial charge on any atom is -0.0991 e. The number of hydrogen-bond acceptors (Lipinski definition) is 0. The number of benzene rings is 4. The van der Waals surface area contributed by atoms with Crippen LogP contribution in [-0.2, 0) is 6.42 Å². The van der Waals surface area contributed by atoms with Crippen molar-refractivity contribution in [2.45, 2.75) is 34.1 Å². The summed E-state index contributed by atoms with van der Waals surface area (Å²) in [5, 5.41) is 5.41. The zero-order valence-corrected chi connectivity index (χ0v) is 20.7. The first-order valence-electron chi connectivity index (χ1n) is 12.2. The van der Waals surface area contributed by atoms with E-state index in [-0.39, 0.29) is 0 Å². The van der Waals surface area contributed by atoms with Crippen LogP contribution in [0.3, 0.4) is 0 Å². The molecule has 0 fully saturated rings. The Kier molecular flexibility index (Phi) is 5.84. The highest BCUT2D eigenvalue weighted by atomic mass is 14.3. The van der Waals surface area contributed by atoms with Crippen LogP contribution in [0.2, 0.25) is 0 Å². The molecule has 0 radical (unpaired) electrons. The van der Waals surface area contributed by atoms with Crippen LogP contribution in [0.5, 0.6) is 0 Å². The average molecular weight is 441 g/mol. The molecule has 0 nitrogen and oxygen atoms in total. The predicted molar refractivity (Wildman–Crippen MR) is 151 cm³/mol. The van der Waals surface area contributed by atoms with E-state index in [1.165, 1.54) is 66.1 Å². The normalized spacial score (nSPS) is 16.5. The summed E-state index contributed by atoms with van der Waals surface area (Å²) >= 11 is 0. The largest absolute Gasteiger partial charge is 0.0991 e. The van der Waals surface area contributed by atoms with Gasteiger partial charge in [-0.1, -0.05) is 98.5 Å². The lowest BCUT2D eigenvalue weighted by Crippen LogP contribution is -2.14. The second-order valence-electron chi connectivity index (χ2n) is 9.58. The molecule has 34 heavy (non-hydrogen) atoms. The molecule has 4 aromatic rings. The van der Waals surface area contributed by atoms with Crippen LogP contribution in [0.25, 0.3) is 38.3 Å². The quantitative estimate of drug-likeness (QED) is 0.219. The maximum absolute atomic E-state index is 3.77. The molecule has 0 amide bonds. The van der Waals surface area contributed by atoms with Gasteiger partial charge in [-0.2, -0.15) is 0 Å². The standard InChI is InChI=1S/C34H32/c1-6-7-8-13-22(2)26-18-19-27-20-23(3)33(25(5)32(27)21-26)34-24(4)28-14-9-10-15-29(28)30-16-11-12-17-31(30)34/h6-19,21,23H,1,20H2,2-5H3/b8-7-,22-13+. The van der Waals surface area contributed by atoms with Crippen LogP contribution in [0.1, 0.15) is 48.6 Å². The number of hydrogen-bond donors (Lipinski definition) is 0. The molecule has 0 heterocycles. The minimum atomic E-state index is 0.466. The lowest BCUT2D eigenvalue weighted by Gasteiger charge is -2.30. The van der Waals surface area contributed by atoms with E-state index in [0.717, 1.165) is 6.42 Å². The molecular formula is C34H32. The molecule has 0 bridgehead atoms. The Morgan fingerprint density at radius 3 is 2.21 bits per heavy atom. The van der Waals surface area contributed by atoms with Gasteiger partial charge in [-0.05, 0) is 105 Å². The van der Waals surface area contributed by atoms with Gasteiger partial charge < -0.3 is 0 Å². The van der Waals surface area contributed by atoms with Crippen LogP contribution in [-0.4, -0.2) is 0 Å². The van der Waals surface area contributed by atoms with Crippen molar-refractivity contribution in [3.63, 3.8) is 0 Å². The topological polar surface area (TPSA) is 0 Å². The number of fused-ring (bicyclic) bond motifs is 4. The van der Waals surface area contributed by atoms with Gasteiger partial charge in [0.2, 0.25) is 0 Å². The van der Waals surface area contributed by atoms with E-state index in [9.17, 15) is 0 Å². The summed E-state index contributed by atoms with van der Waals surface area (Å²) in [4.78, 5) is 0. The van der Waals surface area contributed by atoms with Gasteiger partial charge in [0.05, 0.1) is 0 Å². The summed E-state index contributed by atoms with van der Waals surface area (Å²) in [6.07, 6.45) is 9.08. The molecule has 1 aliphatic carbocycles. The molecule has 1 aliphatic rings. The third-order valence-electron chi connectivity index (χ3n) is 7.45. The van der Waals surface area contributed by atoms with E-state index in [0.29, 0.717) is 5.92 Å². The fourth-order valence-corrected chi connectivity index (χ4v) is 5.77. The summed E-state index contributed by atoms with van der Waals surface area (Å²) < 4.78 is 0. The molecule has 0 saturated carbocycles.